The molecule has 0 spiro atoms. The Hall–Kier alpha value is -1.80. The highest BCUT2D eigenvalue weighted by Gasteiger charge is 2.34. The monoisotopic (exact) mass is 237 g/mol. The Labute approximate surface area is 108 Å². The molecule has 3 rings (SSSR count). The minimum atomic E-state index is -0.652. The molecule has 0 bridgehead atoms. The minimum absolute atomic E-state index is 0.0526. The van der Waals surface area contributed by atoms with Crippen molar-refractivity contribution in [2.45, 2.75) is 19.4 Å². The highest BCUT2D eigenvalue weighted by molar-refractivity contribution is 5.77. The summed E-state index contributed by atoms with van der Waals surface area (Å²) in [6, 6.07) is 6.20. The smallest absolute Gasteiger partial charge is 0.0428 e. The molecular weight excluding hydrogens is 220 g/mol. The first-order chi connectivity index (χ1) is 8.51. The second-order valence-electron chi connectivity index (χ2n) is 5.34. The molecule has 0 heterocycles. The molecule has 0 aliphatic heterocycles. The van der Waals surface area contributed by atoms with Crippen LogP contribution in [-0.4, -0.2) is 0 Å². The summed E-state index contributed by atoms with van der Waals surface area (Å²) in [5.41, 5.74) is 19.5. The Bertz CT molecular complexity index is 604. The summed E-state index contributed by atoms with van der Waals surface area (Å²) in [5.74, 6) is 0.0526. The first kappa shape index (κ1) is 11.3. The van der Waals surface area contributed by atoms with E-state index in [4.69, 9.17) is 11.5 Å². The maximum Gasteiger partial charge on any atom is 0.0428 e. The number of hydrogen-bond donors (Lipinski definition) is 1. The normalized spacial score (nSPS) is 29.2. The van der Waals surface area contributed by atoms with Crippen LogP contribution in [0.1, 0.15) is 23.6 Å². The molecule has 18 heavy (non-hydrogen) atoms. The average molecular weight is 237 g/mol. The molecule has 3 N–H and O–H groups in total. The van der Waals surface area contributed by atoms with Crippen LogP contribution in [0, 0.1) is 12.8 Å². The standard InChI is InChI=1S/C16H17N2/c1-10-7-8-12-14(9-10)16(2,18)13-6-4-3-5-11(13)15(12)17/h3-9,13,18H,17H2,1-2H3/q-1. The lowest BCUT2D eigenvalue weighted by Crippen LogP contribution is -2.34. The lowest BCUT2D eigenvalue weighted by Gasteiger charge is -2.48. The highest BCUT2D eigenvalue weighted by Crippen LogP contribution is 2.47. The predicted octanol–water partition coefficient (Wildman–Crippen LogP) is 3.69. The number of aryl methyl sites for hydroxylation is 1. The quantitative estimate of drug-likeness (QED) is 0.735. The van der Waals surface area contributed by atoms with Crippen LogP contribution >= 0.6 is 0 Å². The Kier molecular flexibility index (Phi) is 2.26. The van der Waals surface area contributed by atoms with Crippen molar-refractivity contribution in [2.24, 2.45) is 11.7 Å². The topological polar surface area (TPSA) is 49.8 Å². The molecule has 0 saturated carbocycles. The van der Waals surface area contributed by atoms with Crippen molar-refractivity contribution in [2.75, 3.05) is 0 Å². The molecule has 0 amide bonds. The fourth-order valence-electron chi connectivity index (χ4n) is 2.95. The lowest BCUT2D eigenvalue weighted by atomic mass is 9.68. The molecule has 2 unspecified atom stereocenters. The van der Waals surface area contributed by atoms with Gasteiger partial charge in [0.25, 0.3) is 0 Å². The molecule has 2 aliphatic rings. The molecule has 2 atom stereocenters. The minimum Gasteiger partial charge on any atom is -0.668 e. The molecular formula is C16H17N2-. The molecule has 2 heteroatoms. The zero-order chi connectivity index (χ0) is 12.9. The largest absolute Gasteiger partial charge is 0.668 e. The maximum absolute atomic E-state index is 8.74. The van der Waals surface area contributed by atoms with Crippen molar-refractivity contribution in [1.29, 1.82) is 0 Å². The van der Waals surface area contributed by atoms with Gasteiger partial charge in [0.15, 0.2) is 0 Å². The van der Waals surface area contributed by atoms with E-state index in [1.54, 1.807) is 0 Å². The third-order valence-corrected chi connectivity index (χ3v) is 3.98. The van der Waals surface area contributed by atoms with Gasteiger partial charge in [0.05, 0.1) is 0 Å². The van der Waals surface area contributed by atoms with Crippen LogP contribution in [0.25, 0.3) is 11.4 Å². The van der Waals surface area contributed by atoms with Crippen molar-refractivity contribution in [3.8, 4) is 0 Å². The van der Waals surface area contributed by atoms with Crippen LogP contribution in [0.15, 0.2) is 48.1 Å². The van der Waals surface area contributed by atoms with E-state index < -0.39 is 5.54 Å². The number of rotatable bonds is 0. The predicted molar refractivity (Wildman–Crippen MR) is 75.7 cm³/mol. The fraction of sp³-hybridized carbons (Fsp3) is 0.250. The summed E-state index contributed by atoms with van der Waals surface area (Å²) in [5, 5.41) is 0. The SMILES string of the molecule is Cc1ccc2c(c1)C(C)([NH-])C1C=CC=CC1=C2N. The van der Waals surface area contributed by atoms with E-state index in [-0.39, 0.29) is 5.92 Å². The molecule has 92 valence electrons. The van der Waals surface area contributed by atoms with Gasteiger partial charge in [-0.25, -0.2) is 0 Å². The van der Waals surface area contributed by atoms with E-state index in [2.05, 4.69) is 25.1 Å². The van der Waals surface area contributed by atoms with Crippen molar-refractivity contribution in [3.63, 3.8) is 0 Å². The first-order valence-electron chi connectivity index (χ1n) is 6.23. The van der Waals surface area contributed by atoms with E-state index >= 15 is 0 Å². The number of nitrogens with two attached hydrogens (primary N) is 1. The summed E-state index contributed by atoms with van der Waals surface area (Å²) in [7, 11) is 0. The average Bonchev–Trinajstić information content (AvgIpc) is 2.36. The number of fused-ring (bicyclic) bond motifs is 2. The van der Waals surface area contributed by atoms with Gasteiger partial charge in [0.1, 0.15) is 0 Å². The Morgan fingerprint density at radius 3 is 2.83 bits per heavy atom. The van der Waals surface area contributed by atoms with E-state index in [0.717, 1.165) is 22.4 Å². The van der Waals surface area contributed by atoms with Gasteiger partial charge in [0, 0.05) is 5.70 Å². The van der Waals surface area contributed by atoms with Gasteiger partial charge >= 0.3 is 0 Å². The number of hydrogen-bond acceptors (Lipinski definition) is 1. The highest BCUT2D eigenvalue weighted by atomic mass is 14.8. The van der Waals surface area contributed by atoms with Crippen molar-refractivity contribution in [3.05, 3.63) is 70.5 Å². The molecule has 0 radical (unpaired) electrons. The Balaban J connectivity index is 2.33. The van der Waals surface area contributed by atoms with Crippen molar-refractivity contribution >= 4 is 5.70 Å². The zero-order valence-corrected chi connectivity index (χ0v) is 10.7. The number of nitrogens with one attached hydrogen (secondary N) is 1. The summed E-state index contributed by atoms with van der Waals surface area (Å²) in [6.07, 6.45) is 8.12. The van der Waals surface area contributed by atoms with Crippen LogP contribution in [-0.2, 0) is 5.54 Å². The van der Waals surface area contributed by atoms with Gasteiger partial charge < -0.3 is 11.5 Å². The molecule has 0 aromatic heterocycles. The fourth-order valence-corrected chi connectivity index (χ4v) is 2.95. The van der Waals surface area contributed by atoms with E-state index in [9.17, 15) is 0 Å². The zero-order valence-electron chi connectivity index (χ0n) is 10.7. The van der Waals surface area contributed by atoms with Gasteiger partial charge in [-0.3, -0.25) is 0 Å². The molecule has 0 fully saturated rings. The van der Waals surface area contributed by atoms with Gasteiger partial charge in [-0.2, -0.15) is 0 Å². The summed E-state index contributed by atoms with van der Waals surface area (Å²) >= 11 is 0. The van der Waals surface area contributed by atoms with Crippen LogP contribution < -0.4 is 5.73 Å². The van der Waals surface area contributed by atoms with Gasteiger partial charge in [-0.05, 0) is 24.0 Å². The third-order valence-electron chi connectivity index (χ3n) is 3.98. The summed E-state index contributed by atoms with van der Waals surface area (Å²) < 4.78 is 0. The third kappa shape index (κ3) is 1.39. The second kappa shape index (κ2) is 3.59. The maximum atomic E-state index is 8.74. The first-order valence-corrected chi connectivity index (χ1v) is 6.23. The van der Waals surface area contributed by atoms with Crippen LogP contribution in [0.4, 0.5) is 0 Å². The second-order valence-corrected chi connectivity index (χ2v) is 5.34. The van der Waals surface area contributed by atoms with Crippen molar-refractivity contribution in [1.82, 2.24) is 0 Å². The van der Waals surface area contributed by atoms with Gasteiger partial charge in [-0.15, -0.1) is 0 Å². The van der Waals surface area contributed by atoms with E-state index in [1.165, 1.54) is 5.56 Å². The van der Waals surface area contributed by atoms with Gasteiger partial charge in [0.2, 0.25) is 0 Å². The number of benzene rings is 1. The van der Waals surface area contributed by atoms with Crippen LogP contribution in [0.3, 0.4) is 0 Å². The summed E-state index contributed by atoms with van der Waals surface area (Å²) in [6.45, 7) is 4.04. The summed E-state index contributed by atoms with van der Waals surface area (Å²) in [4.78, 5) is 0. The molecule has 1 aromatic rings. The molecule has 1 aromatic carbocycles. The molecule has 2 aliphatic carbocycles. The molecule has 2 nitrogen and oxygen atoms in total. The van der Waals surface area contributed by atoms with E-state index in [1.807, 2.05) is 31.2 Å². The lowest BCUT2D eigenvalue weighted by molar-refractivity contribution is 0.481. The van der Waals surface area contributed by atoms with Gasteiger partial charge in [-0.1, -0.05) is 66.1 Å². The van der Waals surface area contributed by atoms with E-state index in [0.29, 0.717) is 0 Å². The van der Waals surface area contributed by atoms with Crippen LogP contribution in [0.2, 0.25) is 0 Å². The Morgan fingerprint density at radius 2 is 2.06 bits per heavy atom. The van der Waals surface area contributed by atoms with Crippen molar-refractivity contribution < 1.29 is 0 Å². The Morgan fingerprint density at radius 1 is 1.28 bits per heavy atom. The van der Waals surface area contributed by atoms with Crippen LogP contribution in [0.5, 0.6) is 0 Å². The number of allylic oxidation sites excluding steroid dienone is 3. The molecule has 0 saturated heterocycles.